The van der Waals surface area contributed by atoms with Gasteiger partial charge < -0.3 is 9.47 Å². The Morgan fingerprint density at radius 2 is 1.52 bits per heavy atom. The summed E-state index contributed by atoms with van der Waals surface area (Å²) in [6.07, 6.45) is 7.86. The van der Waals surface area contributed by atoms with Gasteiger partial charge in [0.25, 0.3) is 0 Å². The average molecular weight is 376 g/mol. The molecule has 1 aliphatic rings. The molecule has 1 heterocycles. The van der Waals surface area contributed by atoms with Crippen molar-refractivity contribution in [2.24, 2.45) is 5.41 Å². The molecule has 0 aliphatic heterocycles. The molecule has 0 saturated heterocycles. The Morgan fingerprint density at radius 3 is 2.04 bits per heavy atom. The van der Waals surface area contributed by atoms with Crippen molar-refractivity contribution in [3.63, 3.8) is 0 Å². The molecular formula is C22H33NO4. The first-order valence-corrected chi connectivity index (χ1v) is 10.2. The number of rotatable bonds is 9. The maximum Gasteiger partial charge on any atom is 0.323 e. The molecule has 1 aromatic heterocycles. The van der Waals surface area contributed by atoms with E-state index in [9.17, 15) is 9.59 Å². The van der Waals surface area contributed by atoms with Gasteiger partial charge in [0.05, 0.1) is 14.2 Å². The lowest BCUT2D eigenvalue weighted by Crippen LogP contribution is -2.42. The Morgan fingerprint density at radius 1 is 0.926 bits per heavy atom. The first-order chi connectivity index (χ1) is 13.0. The molecule has 0 saturated carbocycles. The topological polar surface area (TPSA) is 65.5 Å². The summed E-state index contributed by atoms with van der Waals surface area (Å²) in [5, 5.41) is 0. The lowest BCUT2D eigenvalue weighted by molar-refractivity contribution is -0.168. The zero-order valence-corrected chi connectivity index (χ0v) is 17.4. The van der Waals surface area contributed by atoms with Crippen LogP contribution in [0.2, 0.25) is 0 Å². The fourth-order valence-corrected chi connectivity index (χ4v) is 4.22. The van der Waals surface area contributed by atoms with Crippen LogP contribution < -0.4 is 0 Å². The quantitative estimate of drug-likeness (QED) is 0.486. The molecule has 0 atom stereocenters. The van der Waals surface area contributed by atoms with Crippen LogP contribution >= 0.6 is 0 Å². The van der Waals surface area contributed by atoms with Crippen LogP contribution in [-0.4, -0.2) is 31.1 Å². The van der Waals surface area contributed by atoms with E-state index in [1.54, 1.807) is 0 Å². The highest BCUT2D eigenvalue weighted by Gasteiger charge is 2.54. The lowest BCUT2D eigenvalue weighted by Gasteiger charge is -2.22. The normalized spacial score (nSPS) is 14.7. The molecule has 1 aromatic rings. The molecular weight excluding hydrogens is 342 g/mol. The van der Waals surface area contributed by atoms with Gasteiger partial charge in [-0.1, -0.05) is 33.6 Å². The van der Waals surface area contributed by atoms with E-state index < -0.39 is 17.4 Å². The molecule has 5 heteroatoms. The van der Waals surface area contributed by atoms with Gasteiger partial charge in [-0.15, -0.1) is 0 Å². The van der Waals surface area contributed by atoms with Crippen molar-refractivity contribution in [1.82, 2.24) is 4.98 Å². The molecule has 0 fully saturated rings. The number of hydrogen-bond donors (Lipinski definition) is 0. The van der Waals surface area contributed by atoms with Crippen LogP contribution in [0.25, 0.3) is 0 Å². The van der Waals surface area contributed by atoms with E-state index in [1.807, 2.05) is 0 Å². The monoisotopic (exact) mass is 375 g/mol. The van der Waals surface area contributed by atoms with E-state index >= 15 is 0 Å². The molecule has 0 bridgehead atoms. The van der Waals surface area contributed by atoms with Crippen LogP contribution in [-0.2, 0) is 51.2 Å². The van der Waals surface area contributed by atoms with E-state index in [2.05, 4.69) is 20.8 Å². The molecule has 0 aromatic carbocycles. The van der Waals surface area contributed by atoms with Crippen molar-refractivity contribution in [3.05, 3.63) is 28.1 Å². The number of pyridine rings is 1. The standard InChI is InChI=1S/C22H33NO4/c1-6-9-11-16-15(8-3)17-13-22(20(24)26-4,21(25)27-5)14-19(17)23-18(16)12-10-7-2/h6-14H2,1-5H3. The minimum atomic E-state index is -1.30. The second-order valence-corrected chi connectivity index (χ2v) is 7.42. The number of fused-ring (bicyclic) bond motifs is 1. The third kappa shape index (κ3) is 4.02. The third-order valence-corrected chi connectivity index (χ3v) is 5.70. The number of carbonyl (C=O) groups is 2. The first-order valence-electron chi connectivity index (χ1n) is 10.2. The molecule has 150 valence electrons. The number of methoxy groups -OCH3 is 2. The molecule has 0 unspecified atom stereocenters. The second kappa shape index (κ2) is 9.34. The van der Waals surface area contributed by atoms with Gasteiger partial charge in [0.1, 0.15) is 0 Å². The summed E-state index contributed by atoms with van der Waals surface area (Å²) in [7, 11) is 2.65. The van der Waals surface area contributed by atoms with Gasteiger partial charge >= 0.3 is 11.9 Å². The highest BCUT2D eigenvalue weighted by atomic mass is 16.5. The van der Waals surface area contributed by atoms with Crippen LogP contribution in [0, 0.1) is 5.41 Å². The fourth-order valence-electron chi connectivity index (χ4n) is 4.22. The van der Waals surface area contributed by atoms with Crippen molar-refractivity contribution in [1.29, 1.82) is 0 Å². The van der Waals surface area contributed by atoms with Crippen molar-refractivity contribution < 1.29 is 19.1 Å². The Bertz CT molecular complexity index is 680. The van der Waals surface area contributed by atoms with Gasteiger partial charge in [-0.2, -0.15) is 0 Å². The largest absolute Gasteiger partial charge is 0.468 e. The molecule has 0 radical (unpaired) electrons. The number of nitrogens with zero attached hydrogens (tertiary/aromatic N) is 1. The van der Waals surface area contributed by atoms with E-state index in [1.165, 1.54) is 25.3 Å². The highest BCUT2D eigenvalue weighted by molar-refractivity contribution is 6.01. The number of aryl methyl sites for hydroxylation is 1. The summed E-state index contributed by atoms with van der Waals surface area (Å²) >= 11 is 0. The number of hydrogen-bond acceptors (Lipinski definition) is 5. The first kappa shape index (κ1) is 21.4. The molecule has 0 amide bonds. The SMILES string of the molecule is CCCCc1nc2c(c(CC)c1CCCC)CC(C(=O)OC)(C(=O)OC)C2. The lowest BCUT2D eigenvalue weighted by atomic mass is 9.84. The Labute approximate surface area is 162 Å². The highest BCUT2D eigenvalue weighted by Crippen LogP contribution is 2.42. The van der Waals surface area contributed by atoms with Crippen molar-refractivity contribution >= 4 is 11.9 Å². The van der Waals surface area contributed by atoms with E-state index in [0.29, 0.717) is 6.42 Å². The van der Waals surface area contributed by atoms with Crippen LogP contribution in [0.4, 0.5) is 0 Å². The number of aromatic nitrogens is 1. The number of esters is 2. The van der Waals surface area contributed by atoms with Crippen LogP contribution in [0.15, 0.2) is 0 Å². The van der Waals surface area contributed by atoms with Crippen LogP contribution in [0.5, 0.6) is 0 Å². The fraction of sp³-hybridized carbons (Fsp3) is 0.682. The molecule has 2 rings (SSSR count). The Balaban J connectivity index is 2.57. The number of carbonyl (C=O) groups excluding carboxylic acids is 2. The second-order valence-electron chi connectivity index (χ2n) is 7.42. The van der Waals surface area contributed by atoms with Gasteiger partial charge in [0, 0.05) is 24.2 Å². The smallest absolute Gasteiger partial charge is 0.323 e. The van der Waals surface area contributed by atoms with E-state index in [4.69, 9.17) is 14.5 Å². The van der Waals surface area contributed by atoms with Crippen LogP contribution in [0.1, 0.15) is 74.5 Å². The van der Waals surface area contributed by atoms with Gasteiger partial charge in [-0.3, -0.25) is 14.6 Å². The maximum absolute atomic E-state index is 12.6. The van der Waals surface area contributed by atoms with Crippen molar-refractivity contribution in [2.75, 3.05) is 14.2 Å². The Hall–Kier alpha value is -1.91. The van der Waals surface area contributed by atoms with E-state index in [-0.39, 0.29) is 6.42 Å². The average Bonchev–Trinajstić information content (AvgIpc) is 3.08. The molecule has 0 N–H and O–H groups in total. The zero-order chi connectivity index (χ0) is 20.0. The van der Waals surface area contributed by atoms with Gasteiger partial charge in [0.15, 0.2) is 5.41 Å². The summed E-state index contributed by atoms with van der Waals surface area (Å²) in [4.78, 5) is 30.1. The molecule has 0 spiro atoms. The van der Waals surface area contributed by atoms with Crippen LogP contribution in [0.3, 0.4) is 0 Å². The van der Waals surface area contributed by atoms with Gasteiger partial charge in [-0.25, -0.2) is 0 Å². The maximum atomic E-state index is 12.6. The Kier molecular flexibility index (Phi) is 7.40. The number of unbranched alkanes of at least 4 members (excludes halogenated alkanes) is 2. The molecule has 1 aliphatic carbocycles. The predicted molar refractivity (Wildman–Crippen MR) is 105 cm³/mol. The zero-order valence-electron chi connectivity index (χ0n) is 17.4. The number of ether oxygens (including phenoxy) is 2. The summed E-state index contributed by atoms with van der Waals surface area (Å²) < 4.78 is 9.98. The van der Waals surface area contributed by atoms with E-state index in [0.717, 1.165) is 61.9 Å². The molecule has 5 nitrogen and oxygen atoms in total. The third-order valence-electron chi connectivity index (χ3n) is 5.70. The van der Waals surface area contributed by atoms with Gasteiger partial charge in [-0.05, 0) is 48.8 Å². The summed E-state index contributed by atoms with van der Waals surface area (Å²) in [5.41, 5.74) is 4.38. The summed E-state index contributed by atoms with van der Waals surface area (Å²) in [6.45, 7) is 6.52. The van der Waals surface area contributed by atoms with Gasteiger partial charge in [0.2, 0.25) is 0 Å². The summed E-state index contributed by atoms with van der Waals surface area (Å²) in [5.74, 6) is -1.06. The van der Waals surface area contributed by atoms with Crippen molar-refractivity contribution in [3.8, 4) is 0 Å². The van der Waals surface area contributed by atoms with Crippen molar-refractivity contribution in [2.45, 2.75) is 78.6 Å². The predicted octanol–water partition coefficient (Wildman–Crippen LogP) is 3.76. The minimum Gasteiger partial charge on any atom is -0.468 e. The minimum absolute atomic E-state index is 0.266. The molecule has 27 heavy (non-hydrogen) atoms. The summed E-state index contributed by atoms with van der Waals surface area (Å²) in [6, 6.07) is 0.